The summed E-state index contributed by atoms with van der Waals surface area (Å²) >= 11 is 5.04. The first-order valence-corrected chi connectivity index (χ1v) is 6.54. The van der Waals surface area contributed by atoms with Crippen molar-refractivity contribution in [3.05, 3.63) is 37.7 Å². The number of hydrogen-bond donors (Lipinski definition) is 1. The summed E-state index contributed by atoms with van der Waals surface area (Å²) in [5.74, 6) is 0. The van der Waals surface area contributed by atoms with Crippen molar-refractivity contribution in [3.8, 4) is 0 Å². The minimum Gasteiger partial charge on any atom is -0.381 e. The van der Waals surface area contributed by atoms with Gasteiger partial charge < -0.3 is 5.11 Å². The van der Waals surface area contributed by atoms with Crippen LogP contribution in [0, 0.1) is 13.8 Å². The Kier molecular flexibility index (Phi) is 3.19. The molecule has 0 aliphatic heterocycles. The summed E-state index contributed by atoms with van der Waals surface area (Å²) < 4.78 is 2.72. The number of nitrogens with zero attached hydrogens (tertiary/aromatic N) is 2. The summed E-state index contributed by atoms with van der Waals surface area (Å²) in [7, 11) is 1.88. The Morgan fingerprint density at radius 3 is 2.56 bits per heavy atom. The highest BCUT2D eigenvalue weighted by atomic mass is 79.9. The number of hydrogen-bond acceptors (Lipinski definition) is 3. The van der Waals surface area contributed by atoms with Crippen LogP contribution >= 0.6 is 27.3 Å². The Morgan fingerprint density at radius 2 is 2.12 bits per heavy atom. The number of aliphatic hydroxyl groups is 1. The zero-order chi connectivity index (χ0) is 11.9. The van der Waals surface area contributed by atoms with Gasteiger partial charge in [0.2, 0.25) is 0 Å². The van der Waals surface area contributed by atoms with Crippen LogP contribution in [0.2, 0.25) is 0 Å². The molecule has 0 fully saturated rings. The van der Waals surface area contributed by atoms with Crippen molar-refractivity contribution in [2.24, 2.45) is 7.05 Å². The summed E-state index contributed by atoms with van der Waals surface area (Å²) in [5.41, 5.74) is 1.74. The molecule has 0 amide bonds. The Morgan fingerprint density at radius 1 is 1.44 bits per heavy atom. The number of halogens is 1. The van der Waals surface area contributed by atoms with Gasteiger partial charge in [-0.15, -0.1) is 11.3 Å². The van der Waals surface area contributed by atoms with Crippen LogP contribution < -0.4 is 0 Å². The average molecular weight is 301 g/mol. The second-order valence-electron chi connectivity index (χ2n) is 3.81. The fourth-order valence-electron chi connectivity index (χ4n) is 1.54. The maximum atomic E-state index is 10.2. The maximum Gasteiger partial charge on any atom is 0.133 e. The van der Waals surface area contributed by atoms with E-state index >= 15 is 0 Å². The van der Waals surface area contributed by atoms with Gasteiger partial charge in [0.1, 0.15) is 6.10 Å². The normalized spacial score (nSPS) is 13.1. The molecule has 0 bridgehead atoms. The van der Waals surface area contributed by atoms with Gasteiger partial charge in [0, 0.05) is 22.1 Å². The largest absolute Gasteiger partial charge is 0.381 e. The van der Waals surface area contributed by atoms with Gasteiger partial charge in [-0.3, -0.25) is 4.68 Å². The summed E-state index contributed by atoms with van der Waals surface area (Å²) in [4.78, 5) is 2.09. The molecular formula is C11H13BrN2OS. The second kappa shape index (κ2) is 4.31. The number of rotatable bonds is 2. The van der Waals surface area contributed by atoms with Crippen LogP contribution in [0.25, 0.3) is 0 Å². The first-order chi connectivity index (χ1) is 7.49. The highest BCUT2D eigenvalue weighted by Crippen LogP contribution is 2.35. The predicted octanol–water partition coefficient (Wildman–Crippen LogP) is 2.94. The third-order valence-corrected chi connectivity index (χ3v) is 4.52. The molecule has 0 aliphatic carbocycles. The van der Waals surface area contributed by atoms with Crippen molar-refractivity contribution in [3.63, 3.8) is 0 Å². The lowest BCUT2D eigenvalue weighted by Gasteiger charge is -2.05. The molecule has 5 heteroatoms. The second-order valence-corrected chi connectivity index (χ2v) is 5.95. The Bertz CT molecular complexity index is 499. The molecular weight excluding hydrogens is 288 g/mol. The van der Waals surface area contributed by atoms with Crippen LogP contribution in [-0.4, -0.2) is 14.9 Å². The van der Waals surface area contributed by atoms with Crippen molar-refractivity contribution in [1.82, 2.24) is 9.78 Å². The number of aromatic nitrogens is 2. The topological polar surface area (TPSA) is 38.0 Å². The van der Waals surface area contributed by atoms with E-state index in [1.54, 1.807) is 16.0 Å². The highest BCUT2D eigenvalue weighted by molar-refractivity contribution is 9.10. The number of aliphatic hydroxyl groups excluding tert-OH is 1. The highest BCUT2D eigenvalue weighted by Gasteiger charge is 2.19. The lowest BCUT2D eigenvalue weighted by molar-refractivity contribution is 0.217. The van der Waals surface area contributed by atoms with Crippen LogP contribution in [0.1, 0.15) is 27.2 Å². The van der Waals surface area contributed by atoms with Crippen LogP contribution in [0.15, 0.2) is 16.6 Å². The zero-order valence-corrected chi connectivity index (χ0v) is 11.8. The molecule has 2 aromatic heterocycles. The van der Waals surface area contributed by atoms with Gasteiger partial charge in [-0.05, 0) is 41.9 Å². The standard InChI is InChI=1S/C11H13BrN2OS/c1-6-4-9(13-14(6)3)10(15)11-8(12)5-7(2)16-11/h4-5,10,15H,1-3H3/t10-/m1/s1. The summed E-state index contributed by atoms with van der Waals surface area (Å²) in [6, 6.07) is 3.92. The molecule has 0 saturated carbocycles. The molecule has 2 rings (SSSR count). The SMILES string of the molecule is Cc1cc(Br)c([C@H](O)c2cc(C)n(C)n2)s1. The molecule has 3 nitrogen and oxygen atoms in total. The average Bonchev–Trinajstić information content (AvgIpc) is 2.70. The molecule has 86 valence electrons. The molecule has 0 unspecified atom stereocenters. The van der Waals surface area contributed by atoms with Gasteiger partial charge >= 0.3 is 0 Å². The van der Waals surface area contributed by atoms with E-state index in [2.05, 4.69) is 21.0 Å². The molecule has 0 aromatic carbocycles. The van der Waals surface area contributed by atoms with E-state index in [0.29, 0.717) is 5.69 Å². The Labute approximate surface area is 107 Å². The van der Waals surface area contributed by atoms with Gasteiger partial charge in [-0.25, -0.2) is 0 Å². The fraction of sp³-hybridized carbons (Fsp3) is 0.364. The Hall–Kier alpha value is -0.650. The number of thiophene rings is 1. The molecule has 0 aliphatic rings. The molecule has 0 saturated heterocycles. The summed E-state index contributed by atoms with van der Waals surface area (Å²) in [5, 5.41) is 14.5. The lowest BCUT2D eigenvalue weighted by Crippen LogP contribution is -2.00. The van der Waals surface area contributed by atoms with E-state index in [-0.39, 0.29) is 0 Å². The third kappa shape index (κ3) is 2.07. The van der Waals surface area contributed by atoms with Gasteiger partial charge in [-0.2, -0.15) is 5.10 Å². The first kappa shape index (κ1) is 11.8. The molecule has 1 N–H and O–H groups in total. The van der Waals surface area contributed by atoms with Gasteiger partial charge in [0.05, 0.1) is 10.6 Å². The maximum absolute atomic E-state index is 10.2. The molecule has 0 spiro atoms. The van der Waals surface area contributed by atoms with E-state index in [0.717, 1.165) is 15.0 Å². The minimum absolute atomic E-state index is 0.645. The van der Waals surface area contributed by atoms with E-state index in [4.69, 9.17) is 0 Å². The fourth-order valence-corrected chi connectivity index (χ4v) is 3.41. The van der Waals surface area contributed by atoms with Crippen molar-refractivity contribution < 1.29 is 5.11 Å². The Balaban J connectivity index is 2.38. The van der Waals surface area contributed by atoms with E-state index in [1.807, 2.05) is 33.0 Å². The van der Waals surface area contributed by atoms with Crippen molar-refractivity contribution in [1.29, 1.82) is 0 Å². The smallest absolute Gasteiger partial charge is 0.133 e. The molecule has 1 atom stereocenters. The molecule has 0 radical (unpaired) electrons. The molecule has 2 heterocycles. The van der Waals surface area contributed by atoms with Crippen LogP contribution in [0.3, 0.4) is 0 Å². The predicted molar refractivity (Wildman–Crippen MR) is 68.8 cm³/mol. The van der Waals surface area contributed by atoms with E-state index < -0.39 is 6.10 Å². The van der Waals surface area contributed by atoms with Crippen molar-refractivity contribution >= 4 is 27.3 Å². The van der Waals surface area contributed by atoms with Crippen LogP contribution in [0.5, 0.6) is 0 Å². The van der Waals surface area contributed by atoms with Gasteiger partial charge in [-0.1, -0.05) is 0 Å². The van der Waals surface area contributed by atoms with Crippen LogP contribution in [0.4, 0.5) is 0 Å². The third-order valence-electron chi connectivity index (χ3n) is 2.50. The molecule has 16 heavy (non-hydrogen) atoms. The first-order valence-electron chi connectivity index (χ1n) is 4.93. The van der Waals surface area contributed by atoms with E-state index in [9.17, 15) is 5.11 Å². The monoisotopic (exact) mass is 300 g/mol. The van der Waals surface area contributed by atoms with Gasteiger partial charge in [0.15, 0.2) is 0 Å². The van der Waals surface area contributed by atoms with Crippen LogP contribution in [-0.2, 0) is 7.05 Å². The molecule has 2 aromatic rings. The van der Waals surface area contributed by atoms with Gasteiger partial charge in [0.25, 0.3) is 0 Å². The number of aryl methyl sites for hydroxylation is 3. The summed E-state index contributed by atoms with van der Waals surface area (Å²) in [6.45, 7) is 3.99. The van der Waals surface area contributed by atoms with E-state index in [1.165, 1.54) is 4.88 Å². The van der Waals surface area contributed by atoms with Crippen molar-refractivity contribution in [2.75, 3.05) is 0 Å². The zero-order valence-electron chi connectivity index (χ0n) is 9.36. The lowest BCUT2D eigenvalue weighted by atomic mass is 10.2. The quantitative estimate of drug-likeness (QED) is 0.926. The van der Waals surface area contributed by atoms with Crippen molar-refractivity contribution in [2.45, 2.75) is 20.0 Å². The summed E-state index contributed by atoms with van der Waals surface area (Å²) in [6.07, 6.45) is -0.645. The minimum atomic E-state index is -0.645.